The second kappa shape index (κ2) is 5.01. The van der Waals surface area contributed by atoms with E-state index in [1.807, 2.05) is 6.07 Å². The first-order valence-electron chi connectivity index (χ1n) is 5.73. The molecular formula is C13H17NO2. The van der Waals surface area contributed by atoms with E-state index in [1.54, 1.807) is 0 Å². The molecule has 1 aliphatic heterocycles. The first kappa shape index (κ1) is 11.0. The third-order valence-electron chi connectivity index (χ3n) is 2.91. The maximum absolute atomic E-state index is 10.6. The Morgan fingerprint density at radius 1 is 1.50 bits per heavy atom. The number of hydrogen-bond acceptors (Lipinski definition) is 3. The summed E-state index contributed by atoms with van der Waals surface area (Å²) in [6.07, 6.45) is 3.10. The van der Waals surface area contributed by atoms with Gasteiger partial charge < -0.3 is 10.1 Å². The highest BCUT2D eigenvalue weighted by molar-refractivity contribution is 5.65. The van der Waals surface area contributed by atoms with Gasteiger partial charge in [-0.3, -0.25) is 4.79 Å². The van der Waals surface area contributed by atoms with Crippen molar-refractivity contribution in [3.8, 4) is 0 Å². The highest BCUT2D eigenvalue weighted by Gasteiger charge is 2.16. The second-order valence-corrected chi connectivity index (χ2v) is 4.17. The normalized spacial score (nSPS) is 18.4. The minimum absolute atomic E-state index is 0.198. The fourth-order valence-electron chi connectivity index (χ4n) is 2.06. The summed E-state index contributed by atoms with van der Waals surface area (Å²) in [7, 11) is 0. The van der Waals surface area contributed by atoms with Crippen molar-refractivity contribution in [1.29, 1.82) is 0 Å². The lowest BCUT2D eigenvalue weighted by Gasteiger charge is -2.26. The molecule has 1 atom stereocenters. The number of rotatable bonds is 3. The number of nitrogens with one attached hydrogen (secondary N) is 1. The summed E-state index contributed by atoms with van der Waals surface area (Å²) in [6.45, 7) is 1.96. The Labute approximate surface area is 95.8 Å². The molecule has 16 heavy (non-hydrogen) atoms. The van der Waals surface area contributed by atoms with Crippen molar-refractivity contribution in [3.63, 3.8) is 0 Å². The molecular weight excluding hydrogens is 202 g/mol. The van der Waals surface area contributed by atoms with Crippen LogP contribution in [0.15, 0.2) is 24.3 Å². The molecule has 0 aromatic heterocycles. The van der Waals surface area contributed by atoms with Crippen LogP contribution in [0.4, 0.5) is 5.69 Å². The molecule has 86 valence electrons. The van der Waals surface area contributed by atoms with Crippen LogP contribution < -0.4 is 5.32 Å². The molecule has 3 heteroatoms. The number of carbonyl (C=O) groups excluding carboxylic acids is 1. The number of esters is 1. The quantitative estimate of drug-likeness (QED) is 0.793. The first-order chi connectivity index (χ1) is 7.75. The summed E-state index contributed by atoms with van der Waals surface area (Å²) >= 11 is 0. The topological polar surface area (TPSA) is 38.3 Å². The molecule has 0 amide bonds. The summed E-state index contributed by atoms with van der Waals surface area (Å²) in [5, 5.41) is 3.48. The van der Waals surface area contributed by atoms with Gasteiger partial charge in [0.1, 0.15) is 0 Å². The lowest BCUT2D eigenvalue weighted by molar-refractivity contribution is -0.141. The number of para-hydroxylation sites is 1. The summed E-state index contributed by atoms with van der Waals surface area (Å²) in [6, 6.07) is 8.80. The number of hydrogen-bond donors (Lipinski definition) is 1. The largest absolute Gasteiger partial charge is 0.466 e. The predicted octanol–water partition coefficient (Wildman–Crippen LogP) is 2.37. The molecule has 0 spiro atoms. The average Bonchev–Trinajstić information content (AvgIpc) is 2.28. The van der Waals surface area contributed by atoms with E-state index in [1.165, 1.54) is 18.2 Å². The SMILES string of the molecule is CC(=O)OCCC1CCc2ccccc2N1. The molecule has 1 aliphatic rings. The molecule has 0 saturated carbocycles. The Kier molecular flexibility index (Phi) is 3.44. The van der Waals surface area contributed by atoms with Crippen molar-refractivity contribution in [2.24, 2.45) is 0 Å². The van der Waals surface area contributed by atoms with Crippen molar-refractivity contribution in [2.75, 3.05) is 11.9 Å². The molecule has 3 nitrogen and oxygen atoms in total. The highest BCUT2D eigenvalue weighted by atomic mass is 16.5. The fourth-order valence-corrected chi connectivity index (χ4v) is 2.06. The Morgan fingerprint density at radius 2 is 2.31 bits per heavy atom. The Balaban J connectivity index is 1.86. The van der Waals surface area contributed by atoms with Crippen LogP contribution >= 0.6 is 0 Å². The molecule has 0 radical (unpaired) electrons. The Hall–Kier alpha value is -1.51. The summed E-state index contributed by atoms with van der Waals surface area (Å²) in [5.41, 5.74) is 2.60. The van der Waals surface area contributed by atoms with Gasteiger partial charge in [-0.2, -0.15) is 0 Å². The third-order valence-corrected chi connectivity index (χ3v) is 2.91. The van der Waals surface area contributed by atoms with Crippen LogP contribution in [0, 0.1) is 0 Å². The van der Waals surface area contributed by atoms with Crippen LogP contribution in [-0.2, 0) is 16.0 Å². The first-order valence-corrected chi connectivity index (χ1v) is 5.73. The summed E-state index contributed by atoms with van der Waals surface area (Å²) in [4.78, 5) is 10.6. The molecule has 0 bridgehead atoms. The van der Waals surface area contributed by atoms with E-state index in [9.17, 15) is 4.79 Å². The number of carbonyl (C=O) groups is 1. The number of benzene rings is 1. The van der Waals surface area contributed by atoms with E-state index >= 15 is 0 Å². The van der Waals surface area contributed by atoms with E-state index in [-0.39, 0.29) is 5.97 Å². The lowest BCUT2D eigenvalue weighted by atomic mass is 9.96. The average molecular weight is 219 g/mol. The molecule has 2 rings (SSSR count). The van der Waals surface area contributed by atoms with E-state index in [0.29, 0.717) is 12.6 Å². The molecule has 0 fully saturated rings. The second-order valence-electron chi connectivity index (χ2n) is 4.17. The fraction of sp³-hybridized carbons (Fsp3) is 0.462. The van der Waals surface area contributed by atoms with Crippen molar-refractivity contribution >= 4 is 11.7 Å². The van der Waals surface area contributed by atoms with Gasteiger partial charge >= 0.3 is 5.97 Å². The van der Waals surface area contributed by atoms with Crippen LogP contribution in [-0.4, -0.2) is 18.6 Å². The third kappa shape index (κ3) is 2.75. The number of fused-ring (bicyclic) bond motifs is 1. The van der Waals surface area contributed by atoms with Gasteiger partial charge in [-0.15, -0.1) is 0 Å². The van der Waals surface area contributed by atoms with Crippen molar-refractivity contribution in [1.82, 2.24) is 0 Å². The van der Waals surface area contributed by atoms with E-state index in [4.69, 9.17) is 4.74 Å². The van der Waals surface area contributed by atoms with Crippen molar-refractivity contribution in [3.05, 3.63) is 29.8 Å². The summed E-state index contributed by atoms with van der Waals surface area (Å²) < 4.78 is 4.95. The van der Waals surface area contributed by atoms with Crippen LogP contribution in [0.1, 0.15) is 25.3 Å². The zero-order valence-electron chi connectivity index (χ0n) is 9.53. The number of aryl methyl sites for hydroxylation is 1. The minimum atomic E-state index is -0.198. The Bertz CT molecular complexity index is 376. The van der Waals surface area contributed by atoms with Gasteiger partial charge in [0.15, 0.2) is 0 Å². The zero-order valence-corrected chi connectivity index (χ0v) is 9.53. The van der Waals surface area contributed by atoms with Crippen LogP contribution in [0.2, 0.25) is 0 Å². The molecule has 1 heterocycles. The van der Waals surface area contributed by atoms with E-state index in [2.05, 4.69) is 23.5 Å². The monoisotopic (exact) mass is 219 g/mol. The smallest absolute Gasteiger partial charge is 0.302 e. The number of ether oxygens (including phenoxy) is 1. The van der Waals surface area contributed by atoms with Gasteiger partial charge in [0.2, 0.25) is 0 Å². The number of anilines is 1. The standard InChI is InChI=1S/C13H17NO2/c1-10(15)16-9-8-12-7-6-11-4-2-3-5-13(11)14-12/h2-5,12,14H,6-9H2,1H3. The minimum Gasteiger partial charge on any atom is -0.466 e. The molecule has 1 aromatic rings. The van der Waals surface area contributed by atoms with Gasteiger partial charge in [-0.1, -0.05) is 18.2 Å². The van der Waals surface area contributed by atoms with Gasteiger partial charge in [-0.25, -0.2) is 0 Å². The molecule has 1 aromatic carbocycles. The van der Waals surface area contributed by atoms with Gasteiger partial charge in [-0.05, 0) is 24.5 Å². The van der Waals surface area contributed by atoms with E-state index < -0.39 is 0 Å². The van der Waals surface area contributed by atoms with Crippen molar-refractivity contribution in [2.45, 2.75) is 32.2 Å². The maximum Gasteiger partial charge on any atom is 0.302 e. The van der Waals surface area contributed by atoms with Crippen LogP contribution in [0.25, 0.3) is 0 Å². The molecule has 0 aliphatic carbocycles. The highest BCUT2D eigenvalue weighted by Crippen LogP contribution is 2.25. The van der Waals surface area contributed by atoms with Crippen LogP contribution in [0.3, 0.4) is 0 Å². The molecule has 1 N–H and O–H groups in total. The zero-order chi connectivity index (χ0) is 11.4. The van der Waals surface area contributed by atoms with E-state index in [0.717, 1.165) is 19.3 Å². The Morgan fingerprint density at radius 3 is 3.12 bits per heavy atom. The lowest BCUT2D eigenvalue weighted by Crippen LogP contribution is -2.27. The maximum atomic E-state index is 10.6. The molecule has 1 unspecified atom stereocenters. The van der Waals surface area contributed by atoms with Crippen molar-refractivity contribution < 1.29 is 9.53 Å². The van der Waals surface area contributed by atoms with Crippen LogP contribution in [0.5, 0.6) is 0 Å². The molecule has 0 saturated heterocycles. The van der Waals surface area contributed by atoms with Gasteiger partial charge in [0, 0.05) is 25.1 Å². The van der Waals surface area contributed by atoms with Gasteiger partial charge in [0.25, 0.3) is 0 Å². The predicted molar refractivity (Wildman–Crippen MR) is 63.4 cm³/mol. The van der Waals surface area contributed by atoms with Gasteiger partial charge in [0.05, 0.1) is 6.61 Å². The summed E-state index contributed by atoms with van der Waals surface area (Å²) in [5.74, 6) is -0.198.